The van der Waals surface area contributed by atoms with Crippen molar-refractivity contribution in [2.45, 2.75) is 51.2 Å². The number of hydrogen-bond donors (Lipinski definition) is 2. The molecular weight excluding hydrogens is 356 g/mol. The summed E-state index contributed by atoms with van der Waals surface area (Å²) in [5.74, 6) is 2.70. The van der Waals surface area contributed by atoms with Gasteiger partial charge >= 0.3 is 6.03 Å². The second-order valence-corrected chi connectivity index (χ2v) is 7.54. The second kappa shape index (κ2) is 8.08. The van der Waals surface area contributed by atoms with Crippen LogP contribution >= 0.6 is 0 Å². The first-order valence-electron chi connectivity index (χ1n) is 9.97. The molecule has 2 N–H and O–H groups in total. The van der Waals surface area contributed by atoms with Crippen LogP contribution < -0.4 is 20.3 Å². The van der Waals surface area contributed by atoms with Crippen molar-refractivity contribution >= 4 is 11.7 Å². The van der Waals surface area contributed by atoms with Crippen molar-refractivity contribution in [3.63, 3.8) is 0 Å². The van der Waals surface area contributed by atoms with E-state index in [0.29, 0.717) is 6.54 Å². The van der Waals surface area contributed by atoms with E-state index in [0.717, 1.165) is 61.9 Å². The van der Waals surface area contributed by atoms with Gasteiger partial charge in [0.05, 0.1) is 25.4 Å². The van der Waals surface area contributed by atoms with Crippen LogP contribution in [0.5, 0.6) is 5.75 Å². The zero-order valence-electron chi connectivity index (χ0n) is 16.5. The number of urea groups is 1. The fourth-order valence-corrected chi connectivity index (χ4v) is 4.12. The van der Waals surface area contributed by atoms with Crippen molar-refractivity contribution in [3.05, 3.63) is 35.9 Å². The molecule has 1 saturated heterocycles. The largest absolute Gasteiger partial charge is 0.495 e. The van der Waals surface area contributed by atoms with Crippen LogP contribution in [0.1, 0.15) is 30.9 Å². The molecule has 150 valence electrons. The minimum absolute atomic E-state index is 0.0824. The molecule has 2 aliphatic heterocycles. The lowest BCUT2D eigenvalue weighted by molar-refractivity contribution is 0.225. The highest BCUT2D eigenvalue weighted by Gasteiger charge is 2.25. The maximum atomic E-state index is 12.4. The number of nitrogens with zero attached hydrogens (tertiary/aromatic N) is 4. The molecule has 0 spiro atoms. The molecule has 0 radical (unpaired) electrons. The summed E-state index contributed by atoms with van der Waals surface area (Å²) in [5, 5.41) is 10.6. The Bertz CT molecular complexity index is 828. The van der Waals surface area contributed by atoms with Gasteiger partial charge in [0.25, 0.3) is 0 Å². The van der Waals surface area contributed by atoms with E-state index in [2.05, 4.69) is 31.7 Å². The van der Waals surface area contributed by atoms with Crippen LogP contribution in [-0.2, 0) is 13.0 Å². The molecule has 1 aromatic heterocycles. The lowest BCUT2D eigenvalue weighted by Crippen LogP contribution is -2.51. The van der Waals surface area contributed by atoms with Crippen LogP contribution in [0.4, 0.5) is 10.5 Å². The molecular formula is C20H28N6O2. The number of anilines is 1. The minimum atomic E-state index is -0.0824. The van der Waals surface area contributed by atoms with Gasteiger partial charge in [-0.1, -0.05) is 12.1 Å². The number of piperidine rings is 1. The number of carbonyl (C=O) groups is 1. The number of methoxy groups -OCH3 is 1. The van der Waals surface area contributed by atoms with E-state index < -0.39 is 0 Å². The Morgan fingerprint density at radius 3 is 2.68 bits per heavy atom. The summed E-state index contributed by atoms with van der Waals surface area (Å²) in [6.07, 6.45) is 3.59. The van der Waals surface area contributed by atoms with E-state index in [4.69, 9.17) is 4.74 Å². The number of amides is 2. The zero-order chi connectivity index (χ0) is 19.5. The summed E-state index contributed by atoms with van der Waals surface area (Å²) in [7, 11) is 1.70. The summed E-state index contributed by atoms with van der Waals surface area (Å²) in [6.45, 7) is 4.39. The number of rotatable bonds is 4. The molecule has 8 nitrogen and oxygen atoms in total. The molecule has 1 unspecified atom stereocenters. The molecule has 0 bridgehead atoms. The highest BCUT2D eigenvalue weighted by Crippen LogP contribution is 2.29. The number of hydrogen-bond acceptors (Lipinski definition) is 5. The Morgan fingerprint density at radius 2 is 1.89 bits per heavy atom. The Hall–Kier alpha value is -2.77. The Morgan fingerprint density at radius 1 is 1.14 bits per heavy atom. The average molecular weight is 384 g/mol. The molecule has 1 aromatic carbocycles. The van der Waals surface area contributed by atoms with Gasteiger partial charge in [0.15, 0.2) is 0 Å². The van der Waals surface area contributed by atoms with E-state index >= 15 is 0 Å². The first-order chi connectivity index (χ1) is 13.6. The number of aryl methyl sites for hydroxylation is 2. The molecule has 4 rings (SSSR count). The lowest BCUT2D eigenvalue weighted by atomic mass is 10.0. The number of benzene rings is 1. The van der Waals surface area contributed by atoms with E-state index in [1.165, 1.54) is 0 Å². The third kappa shape index (κ3) is 4.05. The number of para-hydroxylation sites is 2. The number of carbonyl (C=O) groups excluding carboxylic acids is 1. The quantitative estimate of drug-likeness (QED) is 0.841. The first-order valence-corrected chi connectivity index (χ1v) is 9.97. The number of ether oxygens (including phenoxy) is 1. The van der Waals surface area contributed by atoms with Crippen molar-refractivity contribution in [1.29, 1.82) is 0 Å². The molecule has 8 heteroatoms. The lowest BCUT2D eigenvalue weighted by Gasteiger charge is -2.35. The first kappa shape index (κ1) is 18.6. The van der Waals surface area contributed by atoms with Gasteiger partial charge in [0, 0.05) is 25.6 Å². The molecule has 2 amide bonds. The molecule has 1 fully saturated rings. The standard InChI is InChI=1S/C20H28N6O2/c1-14-21-19-8-7-16(13-26(19)24-14)23-20(27)22-15-9-11-25(12-10-15)17-5-3-4-6-18(17)28-2/h3-6,15-16H,7-13H2,1-2H3,(H2,22,23,27). The van der Waals surface area contributed by atoms with E-state index in [-0.39, 0.29) is 18.1 Å². The minimum Gasteiger partial charge on any atom is -0.495 e. The Kier molecular flexibility index (Phi) is 5.36. The van der Waals surface area contributed by atoms with Crippen LogP contribution in [0.2, 0.25) is 0 Å². The van der Waals surface area contributed by atoms with E-state index in [1.54, 1.807) is 7.11 Å². The third-order valence-electron chi connectivity index (χ3n) is 5.56. The van der Waals surface area contributed by atoms with E-state index in [9.17, 15) is 4.79 Å². The maximum Gasteiger partial charge on any atom is 0.315 e. The molecule has 2 aromatic rings. The van der Waals surface area contributed by atoms with Gasteiger partial charge < -0.3 is 20.3 Å². The summed E-state index contributed by atoms with van der Waals surface area (Å²) >= 11 is 0. The van der Waals surface area contributed by atoms with Gasteiger partial charge in [-0.05, 0) is 38.3 Å². The molecule has 2 aliphatic rings. The van der Waals surface area contributed by atoms with Crippen molar-refractivity contribution in [2.75, 3.05) is 25.1 Å². The SMILES string of the molecule is COc1ccccc1N1CCC(NC(=O)NC2CCc3nc(C)nn3C2)CC1. The summed E-state index contributed by atoms with van der Waals surface area (Å²) < 4.78 is 7.38. The fraction of sp³-hybridized carbons (Fsp3) is 0.550. The van der Waals surface area contributed by atoms with Gasteiger partial charge in [-0.25, -0.2) is 14.5 Å². The van der Waals surface area contributed by atoms with Gasteiger partial charge in [-0.15, -0.1) is 0 Å². The van der Waals surface area contributed by atoms with Crippen LogP contribution in [0, 0.1) is 6.92 Å². The topological polar surface area (TPSA) is 84.3 Å². The fourth-order valence-electron chi connectivity index (χ4n) is 4.12. The molecule has 0 aliphatic carbocycles. The van der Waals surface area contributed by atoms with Crippen LogP contribution in [0.25, 0.3) is 0 Å². The van der Waals surface area contributed by atoms with Gasteiger partial charge in [0.1, 0.15) is 17.4 Å². The van der Waals surface area contributed by atoms with Crippen molar-refractivity contribution < 1.29 is 9.53 Å². The van der Waals surface area contributed by atoms with Crippen LogP contribution in [0.3, 0.4) is 0 Å². The summed E-state index contributed by atoms with van der Waals surface area (Å²) in [4.78, 5) is 19.2. The Labute approximate surface area is 165 Å². The number of nitrogens with one attached hydrogen (secondary N) is 2. The monoisotopic (exact) mass is 384 g/mol. The van der Waals surface area contributed by atoms with Gasteiger partial charge in [0.2, 0.25) is 0 Å². The van der Waals surface area contributed by atoms with Crippen molar-refractivity contribution in [3.8, 4) is 5.75 Å². The predicted octanol–water partition coefficient (Wildman–Crippen LogP) is 1.88. The van der Waals surface area contributed by atoms with Crippen molar-refractivity contribution in [1.82, 2.24) is 25.4 Å². The highest BCUT2D eigenvalue weighted by atomic mass is 16.5. The normalized spacial score (nSPS) is 19.8. The van der Waals surface area contributed by atoms with Crippen LogP contribution in [-0.4, -0.2) is 53.1 Å². The predicted molar refractivity (Wildman–Crippen MR) is 107 cm³/mol. The molecule has 0 saturated carbocycles. The van der Waals surface area contributed by atoms with Crippen molar-refractivity contribution in [2.24, 2.45) is 0 Å². The zero-order valence-corrected chi connectivity index (χ0v) is 16.5. The number of aromatic nitrogens is 3. The van der Waals surface area contributed by atoms with Crippen LogP contribution in [0.15, 0.2) is 24.3 Å². The Balaban J connectivity index is 1.25. The summed E-state index contributed by atoms with van der Waals surface area (Å²) in [5.41, 5.74) is 1.12. The summed E-state index contributed by atoms with van der Waals surface area (Å²) in [6, 6.07) is 8.29. The van der Waals surface area contributed by atoms with E-state index in [1.807, 2.05) is 29.8 Å². The molecule has 1 atom stereocenters. The highest BCUT2D eigenvalue weighted by molar-refractivity contribution is 5.74. The molecule has 28 heavy (non-hydrogen) atoms. The van der Waals surface area contributed by atoms with Gasteiger partial charge in [-0.2, -0.15) is 5.10 Å². The third-order valence-corrected chi connectivity index (χ3v) is 5.56. The molecule has 3 heterocycles. The van der Waals surface area contributed by atoms with Gasteiger partial charge in [-0.3, -0.25) is 0 Å². The second-order valence-electron chi connectivity index (χ2n) is 7.54. The number of fused-ring (bicyclic) bond motifs is 1. The maximum absolute atomic E-state index is 12.4. The smallest absolute Gasteiger partial charge is 0.315 e. The average Bonchev–Trinajstić information content (AvgIpc) is 3.08.